The average molecular weight is 448 g/mol. The van der Waals surface area contributed by atoms with Crippen LogP contribution in [0, 0.1) is 3.95 Å². The van der Waals surface area contributed by atoms with Gasteiger partial charge in [-0.15, -0.1) is 16.4 Å². The van der Waals surface area contributed by atoms with Crippen LogP contribution in [0.3, 0.4) is 0 Å². The molecule has 10 heteroatoms. The quantitative estimate of drug-likeness (QED) is 0.403. The standard InChI is InChI=1S/C15H11Cl2N3OS4/c16-11-4-3-9(6-12(11)17)20-15(22)25-14(19-20)24-8-13(21)18-7-10-2-1-5-23-10/h1-6H,7-8H2,(H,18,21). The molecule has 0 fully saturated rings. The predicted molar refractivity (Wildman–Crippen MR) is 109 cm³/mol. The molecule has 0 aliphatic rings. The van der Waals surface area contributed by atoms with Crippen molar-refractivity contribution in [3.05, 3.63) is 54.6 Å². The summed E-state index contributed by atoms with van der Waals surface area (Å²) in [4.78, 5) is 13.1. The molecule has 0 saturated heterocycles. The first-order valence-corrected chi connectivity index (χ1v) is 10.8. The van der Waals surface area contributed by atoms with E-state index in [0.29, 0.717) is 20.5 Å². The van der Waals surface area contributed by atoms with Crippen molar-refractivity contribution in [3.8, 4) is 5.69 Å². The molecule has 25 heavy (non-hydrogen) atoms. The van der Waals surface area contributed by atoms with E-state index in [9.17, 15) is 4.79 Å². The minimum absolute atomic E-state index is 0.0411. The van der Waals surface area contributed by atoms with Crippen LogP contribution in [-0.4, -0.2) is 21.4 Å². The first-order valence-electron chi connectivity index (χ1n) is 7.00. The number of rotatable bonds is 6. The lowest BCUT2D eigenvalue weighted by atomic mass is 10.3. The third kappa shape index (κ3) is 5.06. The van der Waals surface area contributed by atoms with Gasteiger partial charge in [0.25, 0.3) is 0 Å². The maximum atomic E-state index is 11.9. The van der Waals surface area contributed by atoms with Gasteiger partial charge in [-0.3, -0.25) is 4.79 Å². The van der Waals surface area contributed by atoms with E-state index < -0.39 is 0 Å². The van der Waals surface area contributed by atoms with Gasteiger partial charge >= 0.3 is 0 Å². The van der Waals surface area contributed by atoms with Crippen LogP contribution >= 0.6 is 69.9 Å². The lowest BCUT2D eigenvalue weighted by Crippen LogP contribution is -2.24. The minimum atomic E-state index is -0.0411. The second kappa shape index (κ2) is 8.66. The molecule has 0 radical (unpaired) electrons. The summed E-state index contributed by atoms with van der Waals surface area (Å²) in [5, 5.41) is 10.2. The van der Waals surface area contributed by atoms with Gasteiger partial charge in [0.2, 0.25) is 5.91 Å². The van der Waals surface area contributed by atoms with Gasteiger partial charge in [-0.05, 0) is 41.9 Å². The lowest BCUT2D eigenvalue weighted by Gasteiger charge is -2.03. The number of benzene rings is 1. The summed E-state index contributed by atoms with van der Waals surface area (Å²) < 4.78 is 2.93. The van der Waals surface area contributed by atoms with E-state index in [1.165, 1.54) is 23.1 Å². The molecule has 2 aromatic heterocycles. The molecule has 2 heterocycles. The molecule has 0 aliphatic heterocycles. The van der Waals surface area contributed by atoms with E-state index >= 15 is 0 Å². The van der Waals surface area contributed by atoms with Crippen molar-refractivity contribution in [3.63, 3.8) is 0 Å². The summed E-state index contributed by atoms with van der Waals surface area (Å²) in [5.74, 6) is 0.246. The van der Waals surface area contributed by atoms with E-state index in [-0.39, 0.29) is 11.7 Å². The fraction of sp³-hybridized carbons (Fsp3) is 0.133. The Kier molecular flexibility index (Phi) is 6.54. The molecule has 4 nitrogen and oxygen atoms in total. The molecule has 0 saturated carbocycles. The molecule has 0 unspecified atom stereocenters. The Morgan fingerprint density at radius 2 is 2.16 bits per heavy atom. The number of amides is 1. The van der Waals surface area contributed by atoms with Gasteiger partial charge < -0.3 is 5.32 Å². The summed E-state index contributed by atoms with van der Waals surface area (Å²) in [6.07, 6.45) is 0. The Labute approximate surface area is 171 Å². The first-order chi connectivity index (χ1) is 12.0. The molecule has 0 bridgehead atoms. The molecule has 1 N–H and O–H groups in total. The molecular formula is C15H11Cl2N3OS4. The summed E-state index contributed by atoms with van der Waals surface area (Å²) in [6, 6.07) is 9.16. The van der Waals surface area contributed by atoms with Crippen molar-refractivity contribution in [2.24, 2.45) is 0 Å². The van der Waals surface area contributed by atoms with Crippen LogP contribution in [0.5, 0.6) is 0 Å². The number of halogens is 2. The smallest absolute Gasteiger partial charge is 0.230 e. The molecule has 0 atom stereocenters. The molecule has 1 amide bonds. The zero-order valence-electron chi connectivity index (χ0n) is 12.6. The summed E-state index contributed by atoms with van der Waals surface area (Å²) in [5.41, 5.74) is 0.740. The predicted octanol–water partition coefficient (Wildman–Crippen LogP) is 5.44. The van der Waals surface area contributed by atoms with Crippen LogP contribution < -0.4 is 5.32 Å². The molecular weight excluding hydrogens is 437 g/mol. The third-order valence-electron chi connectivity index (χ3n) is 3.04. The lowest BCUT2D eigenvalue weighted by molar-refractivity contribution is -0.118. The van der Waals surface area contributed by atoms with Gasteiger partial charge in [-0.25, -0.2) is 4.68 Å². The highest BCUT2D eigenvalue weighted by molar-refractivity contribution is 8.01. The number of carbonyl (C=O) groups is 1. The van der Waals surface area contributed by atoms with E-state index in [1.807, 2.05) is 17.5 Å². The van der Waals surface area contributed by atoms with Crippen LogP contribution in [0.15, 0.2) is 40.1 Å². The van der Waals surface area contributed by atoms with E-state index in [4.69, 9.17) is 35.4 Å². The van der Waals surface area contributed by atoms with Crippen LogP contribution in [0.25, 0.3) is 5.69 Å². The summed E-state index contributed by atoms with van der Waals surface area (Å²) >= 11 is 21.6. The maximum absolute atomic E-state index is 11.9. The largest absolute Gasteiger partial charge is 0.350 e. The van der Waals surface area contributed by atoms with Gasteiger partial charge in [-0.1, -0.05) is 52.4 Å². The van der Waals surface area contributed by atoms with Gasteiger partial charge in [0, 0.05) is 4.88 Å². The van der Waals surface area contributed by atoms with Crippen LogP contribution in [0.4, 0.5) is 0 Å². The molecule has 0 spiro atoms. The second-order valence-corrected chi connectivity index (χ2v) is 9.48. The van der Waals surface area contributed by atoms with Crippen LogP contribution in [0.2, 0.25) is 10.0 Å². The molecule has 1 aromatic carbocycles. The molecule has 130 valence electrons. The van der Waals surface area contributed by atoms with Crippen molar-refractivity contribution in [2.45, 2.75) is 10.9 Å². The summed E-state index contributed by atoms with van der Waals surface area (Å²) in [6.45, 7) is 0.546. The number of nitrogens with zero attached hydrogens (tertiary/aromatic N) is 2. The Balaban J connectivity index is 1.61. The molecule has 0 aliphatic carbocycles. The highest BCUT2D eigenvalue weighted by Gasteiger charge is 2.10. The molecule has 3 aromatic rings. The minimum Gasteiger partial charge on any atom is -0.350 e. The van der Waals surface area contributed by atoms with E-state index in [2.05, 4.69) is 10.4 Å². The highest BCUT2D eigenvalue weighted by Crippen LogP contribution is 2.27. The van der Waals surface area contributed by atoms with Crippen LogP contribution in [-0.2, 0) is 11.3 Å². The zero-order valence-corrected chi connectivity index (χ0v) is 17.3. The Bertz CT molecular complexity index is 937. The van der Waals surface area contributed by atoms with E-state index in [1.54, 1.807) is 34.2 Å². The SMILES string of the molecule is O=C(CSc1nn(-c2ccc(Cl)c(Cl)c2)c(=S)s1)NCc1cccs1. The highest BCUT2D eigenvalue weighted by atomic mass is 35.5. The van der Waals surface area contributed by atoms with Crippen molar-refractivity contribution in [1.82, 2.24) is 15.1 Å². The van der Waals surface area contributed by atoms with Gasteiger partial charge in [-0.2, -0.15) is 0 Å². The van der Waals surface area contributed by atoms with Crippen molar-refractivity contribution >= 4 is 75.8 Å². The Hall–Kier alpha value is -0.900. The Morgan fingerprint density at radius 3 is 2.88 bits per heavy atom. The average Bonchev–Trinajstić information content (AvgIpc) is 3.23. The van der Waals surface area contributed by atoms with Gasteiger partial charge in [0.15, 0.2) is 8.29 Å². The fourth-order valence-corrected chi connectivity index (χ4v) is 5.00. The normalized spacial score (nSPS) is 10.8. The number of carbonyl (C=O) groups excluding carboxylic acids is 1. The van der Waals surface area contributed by atoms with Crippen molar-refractivity contribution in [1.29, 1.82) is 0 Å². The zero-order chi connectivity index (χ0) is 17.8. The number of nitrogens with one attached hydrogen (secondary N) is 1. The van der Waals surface area contributed by atoms with Crippen molar-refractivity contribution in [2.75, 3.05) is 5.75 Å². The van der Waals surface area contributed by atoms with Crippen LogP contribution in [0.1, 0.15) is 4.88 Å². The first kappa shape index (κ1) is 18.9. The number of hydrogen-bond donors (Lipinski definition) is 1. The fourth-order valence-electron chi connectivity index (χ4n) is 1.88. The molecule has 3 rings (SSSR count). The second-order valence-electron chi connectivity index (χ2n) is 4.79. The van der Waals surface area contributed by atoms with Crippen molar-refractivity contribution < 1.29 is 4.79 Å². The maximum Gasteiger partial charge on any atom is 0.230 e. The monoisotopic (exact) mass is 447 g/mol. The third-order valence-corrected chi connectivity index (χ3v) is 7.02. The van der Waals surface area contributed by atoms with Gasteiger partial charge in [0.1, 0.15) is 0 Å². The summed E-state index contributed by atoms with van der Waals surface area (Å²) in [7, 11) is 0. The Morgan fingerprint density at radius 1 is 1.32 bits per heavy atom. The topological polar surface area (TPSA) is 46.9 Å². The van der Waals surface area contributed by atoms with Gasteiger partial charge in [0.05, 0.1) is 28.0 Å². The number of thiophene rings is 1. The number of thioether (sulfide) groups is 1. The van der Waals surface area contributed by atoms with E-state index in [0.717, 1.165) is 14.9 Å². The number of hydrogen-bond acceptors (Lipinski definition) is 6. The number of aromatic nitrogens is 2.